The number of hydrogen-bond acceptors (Lipinski definition) is 3. The van der Waals surface area contributed by atoms with Gasteiger partial charge in [-0.25, -0.2) is 0 Å². The molecule has 0 radical (unpaired) electrons. The lowest BCUT2D eigenvalue weighted by Crippen LogP contribution is -2.31. The molecular weight excluding hydrogens is 316 g/mol. The number of benzene rings is 1. The van der Waals surface area contributed by atoms with Gasteiger partial charge in [-0.3, -0.25) is 4.98 Å². The average Bonchev–Trinajstić information content (AvgIpc) is 2.46. The molecule has 2 rings (SSSR count). The fourth-order valence-corrected chi connectivity index (χ4v) is 2.53. The first-order valence-corrected chi connectivity index (χ1v) is 7.49. The normalized spacial score (nSPS) is 13.8. The molecule has 0 saturated carbocycles. The van der Waals surface area contributed by atoms with E-state index in [9.17, 15) is 0 Å². The van der Waals surface area contributed by atoms with Crippen molar-refractivity contribution in [3.8, 4) is 5.75 Å². The lowest BCUT2D eigenvalue weighted by atomic mass is 10.0. The van der Waals surface area contributed by atoms with Crippen molar-refractivity contribution < 1.29 is 4.74 Å². The molecule has 0 saturated heterocycles. The Bertz CT molecular complexity index is 560. The van der Waals surface area contributed by atoms with Crippen molar-refractivity contribution in [2.24, 2.45) is 5.73 Å². The highest BCUT2D eigenvalue weighted by molar-refractivity contribution is 9.10. The summed E-state index contributed by atoms with van der Waals surface area (Å²) in [6.45, 7) is 4.10. The van der Waals surface area contributed by atoms with Crippen LogP contribution in [0.1, 0.15) is 30.6 Å². The molecular formula is C16H19BrN2O. The molecule has 0 bridgehead atoms. The third-order valence-electron chi connectivity index (χ3n) is 3.29. The second-order valence-electron chi connectivity index (χ2n) is 4.80. The molecule has 1 aromatic carbocycles. The zero-order chi connectivity index (χ0) is 14.5. The molecule has 3 nitrogen and oxygen atoms in total. The van der Waals surface area contributed by atoms with Crippen molar-refractivity contribution in [2.45, 2.75) is 32.4 Å². The van der Waals surface area contributed by atoms with Crippen molar-refractivity contribution in [1.29, 1.82) is 0 Å². The van der Waals surface area contributed by atoms with Crippen LogP contribution in [0.3, 0.4) is 0 Å². The Labute approximate surface area is 128 Å². The van der Waals surface area contributed by atoms with E-state index in [4.69, 9.17) is 10.5 Å². The van der Waals surface area contributed by atoms with Crippen molar-refractivity contribution in [1.82, 2.24) is 4.98 Å². The second-order valence-corrected chi connectivity index (χ2v) is 5.72. The average molecular weight is 335 g/mol. The Morgan fingerprint density at radius 2 is 1.95 bits per heavy atom. The van der Waals surface area contributed by atoms with Gasteiger partial charge in [0.1, 0.15) is 11.9 Å². The molecule has 2 unspecified atom stereocenters. The topological polar surface area (TPSA) is 48.1 Å². The third kappa shape index (κ3) is 3.58. The number of nitrogens with zero attached hydrogens (tertiary/aromatic N) is 1. The van der Waals surface area contributed by atoms with Gasteiger partial charge in [-0.15, -0.1) is 0 Å². The lowest BCUT2D eigenvalue weighted by molar-refractivity contribution is 0.170. The van der Waals surface area contributed by atoms with E-state index < -0.39 is 0 Å². The van der Waals surface area contributed by atoms with Gasteiger partial charge in [0.15, 0.2) is 0 Å². The molecule has 0 aliphatic carbocycles. The number of halogens is 1. The summed E-state index contributed by atoms with van der Waals surface area (Å²) in [4.78, 5) is 4.05. The van der Waals surface area contributed by atoms with E-state index in [1.807, 2.05) is 37.3 Å². The Kier molecular flexibility index (Phi) is 5.15. The summed E-state index contributed by atoms with van der Waals surface area (Å²) in [7, 11) is 0. The Hall–Kier alpha value is -1.39. The number of hydrogen-bond donors (Lipinski definition) is 1. The number of aromatic nitrogens is 1. The molecule has 0 amide bonds. The number of aryl methyl sites for hydroxylation is 1. The van der Waals surface area contributed by atoms with Gasteiger partial charge in [0.2, 0.25) is 0 Å². The first-order chi connectivity index (χ1) is 9.61. The molecule has 0 spiro atoms. The maximum Gasteiger partial charge on any atom is 0.139 e. The molecule has 4 heteroatoms. The van der Waals surface area contributed by atoms with Crippen molar-refractivity contribution in [2.75, 3.05) is 0 Å². The maximum absolute atomic E-state index is 6.22. The van der Waals surface area contributed by atoms with E-state index >= 15 is 0 Å². The van der Waals surface area contributed by atoms with E-state index in [-0.39, 0.29) is 12.1 Å². The Morgan fingerprint density at radius 3 is 2.55 bits per heavy atom. The van der Waals surface area contributed by atoms with Crippen LogP contribution in [0.15, 0.2) is 47.2 Å². The number of nitrogens with two attached hydrogens (primary N) is 1. The summed E-state index contributed by atoms with van der Waals surface area (Å²) in [5.41, 5.74) is 8.36. The first-order valence-electron chi connectivity index (χ1n) is 6.70. The predicted molar refractivity (Wildman–Crippen MR) is 84.8 cm³/mol. The Balaban J connectivity index is 2.29. The van der Waals surface area contributed by atoms with E-state index in [1.54, 1.807) is 12.4 Å². The quantitative estimate of drug-likeness (QED) is 0.898. The van der Waals surface area contributed by atoms with Crippen molar-refractivity contribution in [3.63, 3.8) is 0 Å². The molecule has 2 atom stereocenters. The van der Waals surface area contributed by atoms with Crippen LogP contribution in [0.4, 0.5) is 0 Å². The molecule has 0 aliphatic heterocycles. The van der Waals surface area contributed by atoms with Crippen molar-refractivity contribution in [3.05, 3.63) is 58.3 Å². The minimum Gasteiger partial charge on any atom is -0.484 e. The number of ether oxygens (including phenoxy) is 1. The minimum atomic E-state index is -0.164. The molecule has 0 fully saturated rings. The fourth-order valence-electron chi connectivity index (χ4n) is 2.05. The van der Waals surface area contributed by atoms with E-state index in [2.05, 4.69) is 27.8 Å². The predicted octanol–water partition coefficient (Wildman–Crippen LogP) is 4.01. The summed E-state index contributed by atoms with van der Waals surface area (Å²) < 4.78 is 7.21. The van der Waals surface area contributed by atoms with E-state index in [1.165, 1.54) is 0 Å². The largest absolute Gasteiger partial charge is 0.484 e. The van der Waals surface area contributed by atoms with Gasteiger partial charge < -0.3 is 10.5 Å². The smallest absolute Gasteiger partial charge is 0.139 e. The summed E-state index contributed by atoms with van der Waals surface area (Å²) >= 11 is 3.46. The molecule has 2 aromatic rings. The zero-order valence-electron chi connectivity index (χ0n) is 11.7. The minimum absolute atomic E-state index is 0.0551. The standard InChI is InChI=1S/C16H19BrN2O/c1-3-14(18)16(12-6-8-19-9-7-12)20-15-5-4-13(17)10-11(15)2/h4-10,14,16H,3,18H2,1-2H3. The molecule has 2 N–H and O–H groups in total. The molecule has 106 valence electrons. The van der Waals surface area contributed by atoms with Gasteiger partial charge in [-0.05, 0) is 54.8 Å². The highest BCUT2D eigenvalue weighted by Crippen LogP contribution is 2.29. The molecule has 20 heavy (non-hydrogen) atoms. The van der Waals surface area contributed by atoms with Gasteiger partial charge in [-0.2, -0.15) is 0 Å². The van der Waals surface area contributed by atoms with E-state index in [0.717, 1.165) is 27.8 Å². The number of rotatable bonds is 5. The van der Waals surface area contributed by atoms with Crippen molar-refractivity contribution >= 4 is 15.9 Å². The highest BCUT2D eigenvalue weighted by Gasteiger charge is 2.21. The van der Waals surface area contributed by atoms with Gasteiger partial charge >= 0.3 is 0 Å². The zero-order valence-corrected chi connectivity index (χ0v) is 13.3. The van der Waals surface area contributed by atoms with Crippen LogP contribution in [-0.4, -0.2) is 11.0 Å². The van der Waals surface area contributed by atoms with Crippen LogP contribution in [0.25, 0.3) is 0 Å². The monoisotopic (exact) mass is 334 g/mol. The highest BCUT2D eigenvalue weighted by atomic mass is 79.9. The molecule has 1 aromatic heterocycles. The van der Waals surface area contributed by atoms with Crippen LogP contribution in [0.2, 0.25) is 0 Å². The number of pyridine rings is 1. The molecule has 0 aliphatic rings. The summed E-state index contributed by atoms with van der Waals surface area (Å²) in [5, 5.41) is 0. The summed E-state index contributed by atoms with van der Waals surface area (Å²) in [6, 6.07) is 9.83. The van der Waals surface area contributed by atoms with Crippen LogP contribution in [0.5, 0.6) is 5.75 Å². The van der Waals surface area contributed by atoms with Gasteiger partial charge in [0.25, 0.3) is 0 Å². The van der Waals surface area contributed by atoms with Gasteiger partial charge in [-0.1, -0.05) is 22.9 Å². The van der Waals surface area contributed by atoms with Crippen LogP contribution in [0, 0.1) is 6.92 Å². The van der Waals surface area contributed by atoms with Gasteiger partial charge in [0.05, 0.1) is 0 Å². The van der Waals surface area contributed by atoms with Crippen LogP contribution < -0.4 is 10.5 Å². The maximum atomic E-state index is 6.22. The lowest BCUT2D eigenvalue weighted by Gasteiger charge is -2.25. The summed E-state index contributed by atoms with van der Waals surface area (Å²) in [5.74, 6) is 0.860. The van der Waals surface area contributed by atoms with E-state index in [0.29, 0.717) is 0 Å². The second kappa shape index (κ2) is 6.86. The first kappa shape index (κ1) is 15.0. The SMILES string of the molecule is CCC(N)C(Oc1ccc(Br)cc1C)c1ccncc1. The third-order valence-corrected chi connectivity index (χ3v) is 3.78. The van der Waals surface area contributed by atoms with Crippen LogP contribution in [-0.2, 0) is 0 Å². The molecule has 1 heterocycles. The van der Waals surface area contributed by atoms with Crippen LogP contribution >= 0.6 is 15.9 Å². The fraction of sp³-hybridized carbons (Fsp3) is 0.312. The Morgan fingerprint density at radius 1 is 1.25 bits per heavy atom. The van der Waals surface area contributed by atoms with Gasteiger partial charge in [0, 0.05) is 22.9 Å². The summed E-state index contributed by atoms with van der Waals surface area (Å²) in [6.07, 6.45) is 4.22.